The summed E-state index contributed by atoms with van der Waals surface area (Å²) in [6, 6.07) is 0. The summed E-state index contributed by atoms with van der Waals surface area (Å²) in [5.74, 6) is 0.260. The maximum Gasteiger partial charge on any atom is 0.223 e. The molecule has 0 aliphatic heterocycles. The van der Waals surface area contributed by atoms with Gasteiger partial charge in [0.15, 0.2) is 0 Å². The molecular formula is C17H29N3O2. The molecule has 1 fully saturated rings. The maximum atomic E-state index is 12.2. The zero-order valence-corrected chi connectivity index (χ0v) is 14.2. The molecule has 1 aliphatic carbocycles. The van der Waals surface area contributed by atoms with Crippen molar-refractivity contribution in [3.63, 3.8) is 0 Å². The van der Waals surface area contributed by atoms with Gasteiger partial charge in [0.1, 0.15) is 0 Å². The lowest BCUT2D eigenvalue weighted by molar-refractivity contribution is -0.125. The van der Waals surface area contributed by atoms with Crippen LogP contribution in [-0.4, -0.2) is 33.4 Å². The molecule has 5 heteroatoms. The fourth-order valence-electron chi connectivity index (χ4n) is 3.40. The van der Waals surface area contributed by atoms with Crippen molar-refractivity contribution in [3.8, 4) is 0 Å². The molecule has 22 heavy (non-hydrogen) atoms. The third-order valence-corrected chi connectivity index (χ3v) is 5.05. The number of carbonyl (C=O) groups excluding carboxylic acids is 1. The molecule has 2 N–H and O–H groups in total. The van der Waals surface area contributed by atoms with E-state index < -0.39 is 6.10 Å². The van der Waals surface area contributed by atoms with Crippen LogP contribution in [0.4, 0.5) is 0 Å². The van der Waals surface area contributed by atoms with Crippen molar-refractivity contribution in [1.82, 2.24) is 15.1 Å². The van der Waals surface area contributed by atoms with Gasteiger partial charge in [0.05, 0.1) is 11.8 Å². The molecule has 0 bridgehead atoms. The molecule has 0 aromatic carbocycles. The Morgan fingerprint density at radius 3 is 2.59 bits per heavy atom. The molecule has 1 saturated carbocycles. The zero-order chi connectivity index (χ0) is 16.3. The summed E-state index contributed by atoms with van der Waals surface area (Å²) < 4.78 is 1.86. The highest BCUT2D eigenvalue weighted by Gasteiger charge is 2.24. The summed E-state index contributed by atoms with van der Waals surface area (Å²) in [5, 5.41) is 17.4. The Balaban J connectivity index is 1.84. The number of amides is 1. The monoisotopic (exact) mass is 307 g/mol. The van der Waals surface area contributed by atoms with Crippen LogP contribution in [0.25, 0.3) is 0 Å². The van der Waals surface area contributed by atoms with E-state index >= 15 is 0 Å². The van der Waals surface area contributed by atoms with E-state index in [1.165, 1.54) is 12.8 Å². The predicted octanol–water partition coefficient (Wildman–Crippen LogP) is 1.88. The lowest BCUT2D eigenvalue weighted by Gasteiger charge is -2.19. The van der Waals surface area contributed by atoms with Crippen molar-refractivity contribution in [1.29, 1.82) is 0 Å². The fraction of sp³-hybridized carbons (Fsp3) is 0.765. The third kappa shape index (κ3) is 3.88. The van der Waals surface area contributed by atoms with E-state index in [2.05, 4.69) is 10.4 Å². The van der Waals surface area contributed by atoms with Crippen LogP contribution in [-0.2, 0) is 18.3 Å². The van der Waals surface area contributed by atoms with E-state index in [9.17, 15) is 9.90 Å². The number of rotatable bonds is 6. The van der Waals surface area contributed by atoms with Crippen molar-refractivity contribution in [3.05, 3.63) is 17.0 Å². The Bertz CT molecular complexity index is 518. The van der Waals surface area contributed by atoms with Crippen LogP contribution in [0.5, 0.6) is 0 Å². The Kier molecular flexibility index (Phi) is 5.62. The number of nitrogens with zero attached hydrogens (tertiary/aromatic N) is 2. The van der Waals surface area contributed by atoms with Gasteiger partial charge in [-0.2, -0.15) is 5.10 Å². The average molecular weight is 307 g/mol. The molecule has 0 saturated heterocycles. The second-order valence-electron chi connectivity index (χ2n) is 6.74. The van der Waals surface area contributed by atoms with Gasteiger partial charge in [-0.05, 0) is 44.6 Å². The van der Waals surface area contributed by atoms with Crippen LogP contribution >= 0.6 is 0 Å². The highest BCUT2D eigenvalue weighted by molar-refractivity contribution is 5.78. The number of hydrogen-bond donors (Lipinski definition) is 2. The quantitative estimate of drug-likeness (QED) is 0.843. The van der Waals surface area contributed by atoms with Crippen LogP contribution in [0.2, 0.25) is 0 Å². The molecule has 1 aromatic rings. The van der Waals surface area contributed by atoms with E-state index in [0.717, 1.165) is 29.8 Å². The number of hydrogen-bond acceptors (Lipinski definition) is 3. The summed E-state index contributed by atoms with van der Waals surface area (Å²) in [6.45, 7) is 6.32. The van der Waals surface area contributed by atoms with Gasteiger partial charge >= 0.3 is 0 Å². The Labute approximate surface area is 133 Å². The third-order valence-electron chi connectivity index (χ3n) is 5.05. The lowest BCUT2D eigenvalue weighted by Crippen LogP contribution is -2.38. The summed E-state index contributed by atoms with van der Waals surface area (Å²) >= 11 is 0. The van der Waals surface area contributed by atoms with Crippen molar-refractivity contribution in [2.75, 3.05) is 6.54 Å². The fourth-order valence-corrected chi connectivity index (χ4v) is 3.40. The largest absolute Gasteiger partial charge is 0.391 e. The van der Waals surface area contributed by atoms with Gasteiger partial charge in [-0.15, -0.1) is 0 Å². The second-order valence-corrected chi connectivity index (χ2v) is 6.74. The standard InChI is InChI=1S/C17H29N3O2/c1-11(9-15-12(2)19-20(4)13(15)3)17(22)18-10-16(21)14-7-5-6-8-14/h11,14,16,21H,5-10H2,1-4H3,(H,18,22). The molecule has 1 aromatic heterocycles. The zero-order valence-electron chi connectivity index (χ0n) is 14.2. The topological polar surface area (TPSA) is 67.2 Å². The van der Waals surface area contributed by atoms with Crippen molar-refractivity contribution < 1.29 is 9.90 Å². The molecule has 1 heterocycles. The molecule has 124 valence electrons. The minimum Gasteiger partial charge on any atom is -0.391 e. The summed E-state index contributed by atoms with van der Waals surface area (Å²) in [4.78, 5) is 12.2. The van der Waals surface area contributed by atoms with Gasteiger partial charge < -0.3 is 10.4 Å². The Morgan fingerprint density at radius 2 is 2.05 bits per heavy atom. The number of aliphatic hydroxyl groups excluding tert-OH is 1. The van der Waals surface area contributed by atoms with E-state index in [1.54, 1.807) is 0 Å². The number of nitrogens with one attached hydrogen (secondary N) is 1. The van der Waals surface area contributed by atoms with Gasteiger partial charge in [0.2, 0.25) is 5.91 Å². The van der Waals surface area contributed by atoms with Gasteiger partial charge in [-0.25, -0.2) is 0 Å². The molecule has 1 aliphatic rings. The summed E-state index contributed by atoms with van der Waals surface area (Å²) in [6.07, 6.45) is 4.86. The van der Waals surface area contributed by atoms with Crippen LogP contribution in [0, 0.1) is 25.7 Å². The van der Waals surface area contributed by atoms with E-state index in [4.69, 9.17) is 0 Å². The molecular weight excluding hydrogens is 278 g/mol. The smallest absolute Gasteiger partial charge is 0.223 e. The first kappa shape index (κ1) is 17.0. The minimum atomic E-state index is -0.402. The molecule has 2 unspecified atom stereocenters. The second kappa shape index (κ2) is 7.27. The van der Waals surface area contributed by atoms with Crippen LogP contribution < -0.4 is 5.32 Å². The lowest BCUT2D eigenvalue weighted by atomic mass is 9.98. The van der Waals surface area contributed by atoms with Gasteiger partial charge in [0.25, 0.3) is 0 Å². The number of aromatic nitrogens is 2. The maximum absolute atomic E-state index is 12.2. The highest BCUT2D eigenvalue weighted by Crippen LogP contribution is 2.27. The number of aryl methyl sites for hydroxylation is 2. The van der Waals surface area contributed by atoms with Crippen molar-refractivity contribution in [2.24, 2.45) is 18.9 Å². The molecule has 2 rings (SSSR count). The Morgan fingerprint density at radius 1 is 1.41 bits per heavy atom. The minimum absolute atomic E-state index is 0.0136. The predicted molar refractivity (Wildman–Crippen MR) is 86.5 cm³/mol. The van der Waals surface area contributed by atoms with Gasteiger partial charge in [-0.3, -0.25) is 9.48 Å². The van der Waals surface area contributed by atoms with E-state index in [1.807, 2.05) is 32.5 Å². The summed E-state index contributed by atoms with van der Waals surface area (Å²) in [7, 11) is 1.93. The van der Waals surface area contributed by atoms with Gasteiger partial charge in [0, 0.05) is 25.2 Å². The van der Waals surface area contributed by atoms with Crippen LogP contribution in [0.3, 0.4) is 0 Å². The van der Waals surface area contributed by atoms with Crippen molar-refractivity contribution >= 4 is 5.91 Å². The molecule has 2 atom stereocenters. The normalized spacial score (nSPS) is 18.4. The van der Waals surface area contributed by atoms with Gasteiger partial charge in [-0.1, -0.05) is 19.8 Å². The van der Waals surface area contributed by atoms with E-state index in [-0.39, 0.29) is 11.8 Å². The van der Waals surface area contributed by atoms with Crippen LogP contribution in [0.15, 0.2) is 0 Å². The Hall–Kier alpha value is -1.36. The van der Waals surface area contributed by atoms with Crippen molar-refractivity contribution in [2.45, 2.75) is 59.0 Å². The number of aliphatic hydroxyl groups is 1. The molecule has 0 spiro atoms. The first-order valence-corrected chi connectivity index (χ1v) is 8.35. The highest BCUT2D eigenvalue weighted by atomic mass is 16.3. The summed E-state index contributed by atoms with van der Waals surface area (Å²) in [5.41, 5.74) is 3.26. The van der Waals surface area contributed by atoms with Crippen LogP contribution in [0.1, 0.15) is 49.6 Å². The molecule has 5 nitrogen and oxygen atoms in total. The first-order chi connectivity index (χ1) is 10.4. The van der Waals surface area contributed by atoms with E-state index in [0.29, 0.717) is 18.9 Å². The first-order valence-electron chi connectivity index (χ1n) is 8.35. The SMILES string of the molecule is Cc1nn(C)c(C)c1CC(C)C(=O)NCC(O)C1CCCC1. The number of carbonyl (C=O) groups is 1. The molecule has 1 amide bonds. The average Bonchev–Trinajstić information content (AvgIpc) is 3.09. The molecule has 0 radical (unpaired) electrons.